The number of β-amino-alcohol motifs (C(OH)–C–C–N with tert-alkyl or cyclic N) is 1. The first-order chi connectivity index (χ1) is 12.5. The van der Waals surface area contributed by atoms with Crippen LogP contribution >= 0.6 is 0 Å². The number of amides is 1. The lowest BCUT2D eigenvalue weighted by molar-refractivity contribution is 0.0793. The summed E-state index contributed by atoms with van der Waals surface area (Å²) in [7, 11) is 0. The van der Waals surface area contributed by atoms with E-state index in [1.165, 1.54) is 0 Å². The molecule has 1 aliphatic rings. The first kappa shape index (κ1) is 17.8. The number of rotatable bonds is 3. The quantitative estimate of drug-likeness (QED) is 0.865. The van der Waals surface area contributed by atoms with E-state index in [4.69, 9.17) is 0 Å². The van der Waals surface area contributed by atoms with Crippen LogP contribution in [0.2, 0.25) is 0 Å². The van der Waals surface area contributed by atoms with E-state index in [-0.39, 0.29) is 11.9 Å². The zero-order valence-electron chi connectivity index (χ0n) is 14.8. The molecule has 0 saturated carbocycles. The third-order valence-corrected chi connectivity index (χ3v) is 4.53. The van der Waals surface area contributed by atoms with Crippen LogP contribution < -0.4 is 10.2 Å². The number of anilines is 1. The minimum atomic E-state index is -0.759. The van der Waals surface area contributed by atoms with E-state index in [1.54, 1.807) is 24.4 Å². The highest BCUT2D eigenvalue weighted by Gasteiger charge is 2.31. The SMILES string of the molecule is Cc1cc(C)c(C#N)c(N2CC[C@@H](NC(=O)c3ccccn3)[C@H](O)C2)n1. The van der Waals surface area contributed by atoms with Crippen LogP contribution in [0, 0.1) is 25.2 Å². The number of carbonyl (C=O) groups is 1. The van der Waals surface area contributed by atoms with Crippen molar-refractivity contribution in [2.45, 2.75) is 32.4 Å². The number of pyridine rings is 2. The molecule has 0 spiro atoms. The average molecular weight is 351 g/mol. The van der Waals surface area contributed by atoms with Crippen LogP contribution in [-0.4, -0.2) is 46.2 Å². The van der Waals surface area contributed by atoms with Crippen molar-refractivity contribution in [1.82, 2.24) is 15.3 Å². The van der Waals surface area contributed by atoms with Crippen molar-refractivity contribution in [3.63, 3.8) is 0 Å². The van der Waals surface area contributed by atoms with Crippen molar-refractivity contribution in [2.75, 3.05) is 18.0 Å². The first-order valence-corrected chi connectivity index (χ1v) is 8.53. The smallest absolute Gasteiger partial charge is 0.270 e. The Morgan fingerprint density at radius 1 is 1.42 bits per heavy atom. The fraction of sp³-hybridized carbons (Fsp3) is 0.368. The van der Waals surface area contributed by atoms with Crippen LogP contribution in [0.4, 0.5) is 5.82 Å². The van der Waals surface area contributed by atoms with E-state index < -0.39 is 6.10 Å². The van der Waals surface area contributed by atoms with Crippen molar-refractivity contribution < 1.29 is 9.90 Å². The van der Waals surface area contributed by atoms with Gasteiger partial charge in [-0.15, -0.1) is 0 Å². The van der Waals surface area contributed by atoms with Gasteiger partial charge in [0, 0.05) is 25.0 Å². The minimum Gasteiger partial charge on any atom is -0.389 e. The molecule has 7 heteroatoms. The molecule has 2 N–H and O–H groups in total. The van der Waals surface area contributed by atoms with E-state index >= 15 is 0 Å². The summed E-state index contributed by atoms with van der Waals surface area (Å²) in [5.41, 5.74) is 2.55. The molecule has 2 atom stereocenters. The van der Waals surface area contributed by atoms with E-state index in [1.807, 2.05) is 24.8 Å². The molecule has 0 unspecified atom stereocenters. The van der Waals surface area contributed by atoms with Gasteiger partial charge in [0.1, 0.15) is 17.6 Å². The van der Waals surface area contributed by atoms with Crippen molar-refractivity contribution in [3.8, 4) is 6.07 Å². The van der Waals surface area contributed by atoms with Gasteiger partial charge in [0.15, 0.2) is 0 Å². The Balaban J connectivity index is 1.72. The summed E-state index contributed by atoms with van der Waals surface area (Å²) >= 11 is 0. The van der Waals surface area contributed by atoms with Crippen LogP contribution in [0.5, 0.6) is 0 Å². The molecule has 0 bridgehead atoms. The normalized spacial score (nSPS) is 19.7. The maximum atomic E-state index is 12.2. The van der Waals surface area contributed by atoms with E-state index in [9.17, 15) is 15.2 Å². The number of aryl methyl sites for hydroxylation is 2. The van der Waals surface area contributed by atoms with Gasteiger partial charge in [0.2, 0.25) is 0 Å². The second-order valence-corrected chi connectivity index (χ2v) is 6.49. The molecule has 1 fully saturated rings. The number of piperidine rings is 1. The number of hydrogen-bond acceptors (Lipinski definition) is 6. The summed E-state index contributed by atoms with van der Waals surface area (Å²) in [6.45, 7) is 4.66. The lowest BCUT2D eigenvalue weighted by atomic mass is 10.0. The zero-order valence-corrected chi connectivity index (χ0v) is 14.8. The molecule has 0 aliphatic carbocycles. The van der Waals surface area contributed by atoms with Gasteiger partial charge in [-0.1, -0.05) is 6.07 Å². The Kier molecular flexibility index (Phi) is 5.14. The van der Waals surface area contributed by atoms with Crippen molar-refractivity contribution >= 4 is 11.7 Å². The molecular weight excluding hydrogens is 330 g/mol. The number of nitrogens with zero attached hydrogens (tertiary/aromatic N) is 4. The first-order valence-electron chi connectivity index (χ1n) is 8.53. The van der Waals surface area contributed by atoms with E-state index in [0.717, 1.165) is 11.3 Å². The maximum Gasteiger partial charge on any atom is 0.270 e. The molecule has 1 amide bonds. The maximum absolute atomic E-state index is 12.2. The largest absolute Gasteiger partial charge is 0.389 e. The second-order valence-electron chi connectivity index (χ2n) is 6.49. The van der Waals surface area contributed by atoms with Crippen LogP contribution in [0.1, 0.15) is 33.7 Å². The third-order valence-electron chi connectivity index (χ3n) is 4.53. The average Bonchev–Trinajstić information content (AvgIpc) is 2.63. The van der Waals surface area contributed by atoms with Crippen LogP contribution in [-0.2, 0) is 0 Å². The Hall–Kier alpha value is -2.98. The minimum absolute atomic E-state index is 0.301. The number of nitriles is 1. The molecule has 2 aromatic rings. The van der Waals surface area contributed by atoms with Gasteiger partial charge in [-0.05, 0) is 44.0 Å². The molecule has 0 radical (unpaired) electrons. The molecule has 3 heterocycles. The van der Waals surface area contributed by atoms with Crippen LogP contribution in [0.3, 0.4) is 0 Å². The lowest BCUT2D eigenvalue weighted by Gasteiger charge is -2.37. The Bertz CT molecular complexity index is 847. The Morgan fingerprint density at radius 3 is 2.88 bits per heavy atom. The summed E-state index contributed by atoms with van der Waals surface area (Å²) in [5.74, 6) is 0.295. The number of carbonyl (C=O) groups excluding carboxylic acids is 1. The molecule has 26 heavy (non-hydrogen) atoms. The highest BCUT2D eigenvalue weighted by atomic mass is 16.3. The fourth-order valence-corrected chi connectivity index (χ4v) is 3.22. The summed E-state index contributed by atoms with van der Waals surface area (Å²) in [6.07, 6.45) is 1.35. The molecule has 0 aromatic carbocycles. The van der Waals surface area contributed by atoms with Gasteiger partial charge >= 0.3 is 0 Å². The van der Waals surface area contributed by atoms with Gasteiger partial charge in [0.25, 0.3) is 5.91 Å². The molecular formula is C19H21N5O2. The van der Waals surface area contributed by atoms with Crippen molar-refractivity contribution in [1.29, 1.82) is 5.26 Å². The summed E-state index contributed by atoms with van der Waals surface area (Å²) in [6, 6.07) is 8.84. The van der Waals surface area contributed by atoms with Crippen LogP contribution in [0.15, 0.2) is 30.5 Å². The van der Waals surface area contributed by atoms with Crippen molar-refractivity contribution in [3.05, 3.63) is 53.0 Å². The molecule has 134 valence electrons. The molecule has 1 saturated heterocycles. The zero-order chi connectivity index (χ0) is 18.7. The van der Waals surface area contributed by atoms with Gasteiger partial charge in [-0.2, -0.15) is 5.26 Å². The molecule has 1 aliphatic heterocycles. The lowest BCUT2D eigenvalue weighted by Crippen LogP contribution is -2.54. The number of aliphatic hydroxyl groups is 1. The Morgan fingerprint density at radius 2 is 2.23 bits per heavy atom. The molecule has 2 aromatic heterocycles. The van der Waals surface area contributed by atoms with Crippen molar-refractivity contribution in [2.24, 2.45) is 0 Å². The van der Waals surface area contributed by atoms with E-state index in [0.29, 0.717) is 36.6 Å². The monoisotopic (exact) mass is 351 g/mol. The summed E-state index contributed by atoms with van der Waals surface area (Å²) in [5, 5.41) is 22.8. The second kappa shape index (κ2) is 7.50. The molecule has 7 nitrogen and oxygen atoms in total. The Labute approximate surface area is 152 Å². The highest BCUT2D eigenvalue weighted by Crippen LogP contribution is 2.25. The summed E-state index contributed by atoms with van der Waals surface area (Å²) in [4.78, 5) is 22.7. The number of hydrogen-bond donors (Lipinski definition) is 2. The molecule has 3 rings (SSSR count). The number of aliphatic hydroxyl groups excluding tert-OH is 1. The van der Waals surface area contributed by atoms with E-state index in [2.05, 4.69) is 21.4 Å². The number of aromatic nitrogens is 2. The number of nitrogens with one attached hydrogen (secondary N) is 1. The van der Waals surface area contributed by atoms with Gasteiger partial charge in [0.05, 0.1) is 17.7 Å². The van der Waals surface area contributed by atoms with Gasteiger partial charge in [-0.25, -0.2) is 4.98 Å². The highest BCUT2D eigenvalue weighted by molar-refractivity contribution is 5.92. The standard InChI is InChI=1S/C19H21N5O2/c1-12-9-13(2)22-18(14(12)10-20)24-8-6-15(17(25)11-24)23-19(26)16-5-3-4-7-21-16/h3-5,7,9,15,17,25H,6,8,11H2,1-2H3,(H,23,26)/t15-,17-/m1/s1. The van der Waals surface area contributed by atoms with Gasteiger partial charge in [-0.3, -0.25) is 9.78 Å². The van der Waals surface area contributed by atoms with Crippen LogP contribution in [0.25, 0.3) is 0 Å². The predicted octanol–water partition coefficient (Wildman–Crippen LogP) is 1.33. The third kappa shape index (κ3) is 3.65. The fourth-order valence-electron chi connectivity index (χ4n) is 3.22. The predicted molar refractivity (Wildman–Crippen MR) is 96.8 cm³/mol. The topological polar surface area (TPSA) is 102 Å². The summed E-state index contributed by atoms with van der Waals surface area (Å²) < 4.78 is 0. The van der Waals surface area contributed by atoms with Gasteiger partial charge < -0.3 is 15.3 Å².